The molecule has 0 bridgehead atoms. The Morgan fingerprint density at radius 1 is 1.15 bits per heavy atom. The normalized spacial score (nSPS) is 14.2. The molecule has 1 aromatic carbocycles. The molecule has 1 rings (SSSR count). The Balaban J connectivity index is 0.00000361. The average molecular weight is 303 g/mol. The maximum atomic E-state index is 10.5. The van der Waals surface area contributed by atoms with Crippen LogP contribution >= 0.6 is 0 Å². The summed E-state index contributed by atoms with van der Waals surface area (Å²) in [7, 11) is 3.20. The van der Waals surface area contributed by atoms with Crippen molar-refractivity contribution in [1.82, 2.24) is 5.32 Å². The van der Waals surface area contributed by atoms with Crippen molar-refractivity contribution in [1.29, 1.82) is 0 Å². The van der Waals surface area contributed by atoms with E-state index in [1.54, 1.807) is 20.3 Å². The second kappa shape index (κ2) is 7.72. The minimum atomic E-state index is -0.663. The van der Waals surface area contributed by atoms with Crippen LogP contribution in [0.5, 0.6) is 11.5 Å². The fourth-order valence-corrected chi connectivity index (χ4v) is 2.10. The van der Waals surface area contributed by atoms with E-state index < -0.39 is 6.10 Å². The van der Waals surface area contributed by atoms with Crippen molar-refractivity contribution in [3.63, 3.8) is 0 Å². The molecule has 0 aliphatic carbocycles. The minimum absolute atomic E-state index is 0. The van der Waals surface area contributed by atoms with Crippen molar-refractivity contribution in [2.24, 2.45) is 0 Å². The predicted octanol–water partition coefficient (Wildman–Crippen LogP) is -0.482. The molecular weight excluding hydrogens is 278 g/mol. The molecule has 2 unspecified atom stereocenters. The molecule has 0 aromatic heterocycles. The zero-order valence-electron chi connectivity index (χ0n) is 13.0. The van der Waals surface area contributed by atoms with E-state index >= 15 is 0 Å². The molecule has 0 amide bonds. The first-order chi connectivity index (χ1) is 8.78. The number of methoxy groups -OCH3 is 2. The highest BCUT2D eigenvalue weighted by Gasteiger charge is 2.24. The Kier molecular flexibility index (Phi) is 7.34. The van der Waals surface area contributed by atoms with Gasteiger partial charge in [-0.3, -0.25) is 0 Å². The van der Waals surface area contributed by atoms with Crippen LogP contribution in [0.15, 0.2) is 18.2 Å². The zero-order chi connectivity index (χ0) is 14.6. The summed E-state index contributed by atoms with van der Waals surface area (Å²) in [5, 5.41) is 13.8. The van der Waals surface area contributed by atoms with Gasteiger partial charge in [-0.2, -0.15) is 0 Å². The molecule has 0 spiro atoms. The van der Waals surface area contributed by atoms with Gasteiger partial charge in [0.05, 0.1) is 20.3 Å². The van der Waals surface area contributed by atoms with Gasteiger partial charge in [0.15, 0.2) is 0 Å². The molecule has 20 heavy (non-hydrogen) atoms. The van der Waals surface area contributed by atoms with Gasteiger partial charge in [-0.1, -0.05) is 0 Å². The number of aliphatic hydroxyl groups is 1. The van der Waals surface area contributed by atoms with Gasteiger partial charge in [0.25, 0.3) is 0 Å². The fraction of sp³-hybridized carbons (Fsp3) is 0.600. The lowest BCUT2D eigenvalue weighted by atomic mass is 9.99. The molecule has 116 valence electrons. The van der Waals surface area contributed by atoms with Crippen molar-refractivity contribution < 1.29 is 27.0 Å². The summed E-state index contributed by atoms with van der Waals surface area (Å²) in [6.45, 7) is 8.16. The summed E-state index contributed by atoms with van der Waals surface area (Å²) >= 11 is 0. The van der Waals surface area contributed by atoms with Gasteiger partial charge >= 0.3 is 0 Å². The first-order valence-electron chi connectivity index (χ1n) is 6.46. The van der Waals surface area contributed by atoms with Gasteiger partial charge in [-0.05, 0) is 45.9 Å². The zero-order valence-corrected chi connectivity index (χ0v) is 13.8. The Morgan fingerprint density at radius 2 is 1.75 bits per heavy atom. The molecule has 2 N–H and O–H groups in total. The van der Waals surface area contributed by atoms with Gasteiger partial charge in [0.1, 0.15) is 11.5 Å². The lowest BCUT2D eigenvalue weighted by molar-refractivity contribution is -0.00000665. The number of nitrogens with one attached hydrogen (secondary N) is 1. The van der Waals surface area contributed by atoms with Crippen LogP contribution in [0.2, 0.25) is 0 Å². The third-order valence-electron chi connectivity index (χ3n) is 2.89. The van der Waals surface area contributed by atoms with Crippen LogP contribution in [-0.4, -0.2) is 30.9 Å². The predicted molar refractivity (Wildman–Crippen MR) is 76.9 cm³/mol. The van der Waals surface area contributed by atoms with Crippen molar-refractivity contribution in [3.8, 4) is 11.5 Å². The standard InChI is InChI=1S/C15H25NO3.ClH/c1-10(16-15(2,3)4)14(17)12-9-11(18-5)7-8-13(12)19-6;/h7-10,14,16-17H,1-6H3;1H/p-1. The third-order valence-corrected chi connectivity index (χ3v) is 2.89. The number of hydrogen-bond donors (Lipinski definition) is 2. The molecule has 1 aromatic rings. The molecule has 5 heteroatoms. The van der Waals surface area contributed by atoms with E-state index in [2.05, 4.69) is 26.1 Å². The van der Waals surface area contributed by atoms with Crippen LogP contribution in [0.3, 0.4) is 0 Å². The van der Waals surface area contributed by atoms with Crippen LogP contribution in [0.25, 0.3) is 0 Å². The first kappa shape index (κ1) is 19.0. The monoisotopic (exact) mass is 302 g/mol. The maximum absolute atomic E-state index is 10.5. The van der Waals surface area contributed by atoms with E-state index in [-0.39, 0.29) is 24.0 Å². The van der Waals surface area contributed by atoms with Crippen molar-refractivity contribution in [2.75, 3.05) is 14.2 Å². The van der Waals surface area contributed by atoms with Crippen molar-refractivity contribution >= 4 is 0 Å². The van der Waals surface area contributed by atoms with E-state index in [0.29, 0.717) is 11.5 Å². The van der Waals surface area contributed by atoms with E-state index in [9.17, 15) is 5.11 Å². The Labute approximate surface area is 127 Å². The molecule has 0 radical (unpaired) electrons. The molecule has 2 atom stereocenters. The van der Waals surface area contributed by atoms with Gasteiger partial charge < -0.3 is 32.3 Å². The maximum Gasteiger partial charge on any atom is 0.124 e. The number of ether oxygens (including phenoxy) is 2. The average Bonchev–Trinajstić information content (AvgIpc) is 2.35. The minimum Gasteiger partial charge on any atom is -1.00 e. The SMILES string of the molecule is COc1ccc(OC)c(C(O)C(C)NC(C)(C)C)c1.[Cl-]. The summed E-state index contributed by atoms with van der Waals surface area (Å²) < 4.78 is 10.5. The number of benzene rings is 1. The van der Waals surface area contributed by atoms with E-state index in [1.807, 2.05) is 19.1 Å². The summed E-state index contributed by atoms with van der Waals surface area (Å²) in [6.07, 6.45) is -0.663. The number of hydrogen-bond acceptors (Lipinski definition) is 4. The van der Waals surface area contributed by atoms with Crippen LogP contribution in [0.1, 0.15) is 39.4 Å². The molecule has 0 aliphatic rings. The Morgan fingerprint density at radius 3 is 2.20 bits per heavy atom. The van der Waals surface area contributed by atoms with Crippen LogP contribution < -0.4 is 27.2 Å². The van der Waals surface area contributed by atoms with Gasteiger partial charge in [0.2, 0.25) is 0 Å². The quantitative estimate of drug-likeness (QED) is 0.771. The highest BCUT2D eigenvalue weighted by atomic mass is 35.5. The summed E-state index contributed by atoms with van der Waals surface area (Å²) in [4.78, 5) is 0. The lowest BCUT2D eigenvalue weighted by Gasteiger charge is -2.30. The van der Waals surface area contributed by atoms with E-state index in [4.69, 9.17) is 9.47 Å². The van der Waals surface area contributed by atoms with Crippen LogP contribution in [0.4, 0.5) is 0 Å². The second-order valence-corrected chi connectivity index (χ2v) is 5.74. The lowest BCUT2D eigenvalue weighted by Crippen LogP contribution is -3.00. The smallest absolute Gasteiger partial charge is 0.124 e. The van der Waals surface area contributed by atoms with Crippen LogP contribution in [-0.2, 0) is 0 Å². The van der Waals surface area contributed by atoms with Gasteiger partial charge in [0, 0.05) is 17.1 Å². The number of rotatable bonds is 5. The van der Waals surface area contributed by atoms with Gasteiger partial charge in [-0.25, -0.2) is 0 Å². The molecule has 0 fully saturated rings. The Hall–Kier alpha value is -0.970. The molecule has 4 nitrogen and oxygen atoms in total. The van der Waals surface area contributed by atoms with Crippen LogP contribution in [0, 0.1) is 0 Å². The highest BCUT2D eigenvalue weighted by Crippen LogP contribution is 2.31. The van der Waals surface area contributed by atoms with E-state index in [1.165, 1.54) is 0 Å². The second-order valence-electron chi connectivity index (χ2n) is 5.74. The largest absolute Gasteiger partial charge is 1.00 e. The van der Waals surface area contributed by atoms with Crippen molar-refractivity contribution in [2.45, 2.75) is 45.4 Å². The molecule has 0 saturated carbocycles. The van der Waals surface area contributed by atoms with E-state index in [0.717, 1.165) is 5.56 Å². The van der Waals surface area contributed by atoms with Crippen molar-refractivity contribution in [3.05, 3.63) is 23.8 Å². The first-order valence-corrected chi connectivity index (χ1v) is 6.46. The Bertz CT molecular complexity index is 418. The fourth-order valence-electron chi connectivity index (χ4n) is 2.10. The highest BCUT2D eigenvalue weighted by molar-refractivity contribution is 5.42. The summed E-state index contributed by atoms with van der Waals surface area (Å²) in [5.74, 6) is 1.37. The number of halogens is 1. The summed E-state index contributed by atoms with van der Waals surface area (Å²) in [6, 6.07) is 5.34. The molecular formula is C15H25ClNO3-. The third kappa shape index (κ3) is 5.19. The molecule has 0 heterocycles. The summed E-state index contributed by atoms with van der Waals surface area (Å²) in [5.41, 5.74) is 0.665. The molecule has 0 aliphatic heterocycles. The number of aliphatic hydroxyl groups excluding tert-OH is 1. The molecule has 0 saturated heterocycles. The van der Waals surface area contributed by atoms with Gasteiger partial charge in [-0.15, -0.1) is 0 Å². The topological polar surface area (TPSA) is 50.7 Å².